The molecule has 3 rings (SSSR count). The summed E-state index contributed by atoms with van der Waals surface area (Å²) in [5.74, 6) is 0.393. The van der Waals surface area contributed by atoms with Gasteiger partial charge in [-0.3, -0.25) is 14.9 Å². The quantitative estimate of drug-likeness (QED) is 0.930. The van der Waals surface area contributed by atoms with Crippen molar-refractivity contribution < 1.29 is 4.79 Å². The van der Waals surface area contributed by atoms with Crippen LogP contribution in [0.15, 0.2) is 42.9 Å². The van der Waals surface area contributed by atoms with Gasteiger partial charge in [-0.25, -0.2) is 4.79 Å². The van der Waals surface area contributed by atoms with E-state index in [2.05, 4.69) is 33.3 Å². The van der Waals surface area contributed by atoms with Crippen molar-refractivity contribution in [1.29, 1.82) is 0 Å². The summed E-state index contributed by atoms with van der Waals surface area (Å²) in [7, 11) is 3.99. The normalized spacial score (nSPS) is 20.4. The van der Waals surface area contributed by atoms with E-state index in [1.165, 1.54) is 5.56 Å². The molecule has 2 aromatic heterocycles. The van der Waals surface area contributed by atoms with Crippen molar-refractivity contribution in [3.8, 4) is 0 Å². The van der Waals surface area contributed by atoms with E-state index in [9.17, 15) is 4.79 Å². The Morgan fingerprint density at radius 1 is 1.40 bits per heavy atom. The molecule has 1 aliphatic rings. The number of aryl methyl sites for hydroxylation is 1. The van der Waals surface area contributed by atoms with Crippen molar-refractivity contribution >= 4 is 11.7 Å². The van der Waals surface area contributed by atoms with Crippen LogP contribution in [0.25, 0.3) is 0 Å². The molecule has 3 heterocycles. The number of anilines is 1. The van der Waals surface area contributed by atoms with Gasteiger partial charge in [0, 0.05) is 49.6 Å². The maximum absolute atomic E-state index is 12.5. The van der Waals surface area contributed by atoms with Crippen LogP contribution < -0.4 is 5.32 Å². The Labute approximate surface area is 148 Å². The number of carbonyl (C=O) groups excluding carboxylic acids is 1. The molecule has 0 spiro atoms. The molecule has 0 radical (unpaired) electrons. The lowest BCUT2D eigenvalue weighted by Crippen LogP contribution is -2.37. The zero-order valence-electron chi connectivity index (χ0n) is 15.0. The summed E-state index contributed by atoms with van der Waals surface area (Å²) in [6.45, 7) is 3.65. The zero-order valence-corrected chi connectivity index (χ0v) is 15.0. The number of urea groups is 1. The van der Waals surface area contributed by atoms with E-state index in [1.807, 2.05) is 32.3 Å². The lowest BCUT2D eigenvalue weighted by atomic mass is 9.94. The number of nitrogens with one attached hydrogen (secondary N) is 1. The molecule has 0 saturated carbocycles. The van der Waals surface area contributed by atoms with Gasteiger partial charge < -0.3 is 10.2 Å². The topological polar surface area (TPSA) is 61.4 Å². The number of carbonyl (C=O) groups is 1. The smallest absolute Gasteiger partial charge is 0.321 e. The Balaban J connectivity index is 1.65. The Morgan fingerprint density at radius 3 is 2.96 bits per heavy atom. The van der Waals surface area contributed by atoms with Crippen LogP contribution in [0, 0.1) is 12.8 Å². The zero-order chi connectivity index (χ0) is 17.8. The second kappa shape index (κ2) is 7.61. The molecule has 0 aromatic carbocycles. The Bertz CT molecular complexity index is 721. The Hall–Kier alpha value is -2.47. The SMILES string of the molecule is Cc1cc(NC(=O)N(C)C[C@@H]2CCN(C)[C@H]2c2cccnc2)ccn1. The van der Waals surface area contributed by atoms with E-state index in [0.717, 1.165) is 24.3 Å². The minimum absolute atomic E-state index is 0.0925. The van der Waals surface area contributed by atoms with Gasteiger partial charge in [0.2, 0.25) is 0 Å². The number of nitrogens with zero attached hydrogens (tertiary/aromatic N) is 4. The molecule has 0 bridgehead atoms. The second-order valence-electron chi connectivity index (χ2n) is 6.76. The Kier molecular flexibility index (Phi) is 5.28. The highest BCUT2D eigenvalue weighted by atomic mass is 16.2. The van der Waals surface area contributed by atoms with E-state index < -0.39 is 0 Å². The van der Waals surface area contributed by atoms with Crippen molar-refractivity contribution in [3.05, 3.63) is 54.1 Å². The van der Waals surface area contributed by atoms with Gasteiger partial charge in [-0.15, -0.1) is 0 Å². The molecule has 1 fully saturated rings. The third-order valence-electron chi connectivity index (χ3n) is 4.80. The van der Waals surface area contributed by atoms with Gasteiger partial charge in [0.1, 0.15) is 0 Å². The fourth-order valence-electron chi connectivity index (χ4n) is 3.57. The van der Waals surface area contributed by atoms with Crippen molar-refractivity contribution in [2.45, 2.75) is 19.4 Å². The molecule has 6 nitrogen and oxygen atoms in total. The summed E-state index contributed by atoms with van der Waals surface area (Å²) >= 11 is 0. The molecule has 132 valence electrons. The monoisotopic (exact) mass is 339 g/mol. The van der Waals surface area contributed by atoms with E-state index in [-0.39, 0.29) is 6.03 Å². The number of hydrogen-bond acceptors (Lipinski definition) is 4. The molecule has 25 heavy (non-hydrogen) atoms. The first-order valence-electron chi connectivity index (χ1n) is 8.59. The minimum atomic E-state index is -0.0925. The highest BCUT2D eigenvalue weighted by Gasteiger charge is 2.34. The summed E-state index contributed by atoms with van der Waals surface area (Å²) in [6.07, 6.45) is 6.50. The fraction of sp³-hybridized carbons (Fsp3) is 0.421. The van der Waals surface area contributed by atoms with E-state index >= 15 is 0 Å². The lowest BCUT2D eigenvalue weighted by molar-refractivity contribution is 0.201. The Morgan fingerprint density at radius 2 is 2.24 bits per heavy atom. The van der Waals surface area contributed by atoms with E-state index in [4.69, 9.17) is 0 Å². The highest BCUT2D eigenvalue weighted by molar-refractivity contribution is 5.89. The summed E-state index contributed by atoms with van der Waals surface area (Å²) in [5.41, 5.74) is 2.87. The number of amides is 2. The van der Waals surface area contributed by atoms with Crippen molar-refractivity contribution in [2.24, 2.45) is 5.92 Å². The van der Waals surface area contributed by atoms with Crippen LogP contribution in [0.5, 0.6) is 0 Å². The molecule has 1 aliphatic heterocycles. The van der Waals surface area contributed by atoms with Gasteiger partial charge in [-0.2, -0.15) is 0 Å². The third kappa shape index (κ3) is 4.14. The largest absolute Gasteiger partial charge is 0.327 e. The van der Waals surface area contributed by atoms with Crippen molar-refractivity contribution in [1.82, 2.24) is 19.8 Å². The number of aromatic nitrogens is 2. The molecular weight excluding hydrogens is 314 g/mol. The van der Waals surface area contributed by atoms with Gasteiger partial charge in [0.05, 0.1) is 0 Å². The van der Waals surface area contributed by atoms with Crippen LogP contribution in [0.3, 0.4) is 0 Å². The predicted molar refractivity (Wildman–Crippen MR) is 98.3 cm³/mol. The van der Waals surface area contributed by atoms with Gasteiger partial charge >= 0.3 is 6.03 Å². The summed E-state index contributed by atoms with van der Waals surface area (Å²) in [4.78, 5) is 25.0. The highest BCUT2D eigenvalue weighted by Crippen LogP contribution is 2.36. The van der Waals surface area contributed by atoms with Crippen LogP contribution in [0.2, 0.25) is 0 Å². The molecule has 2 atom stereocenters. The predicted octanol–water partition coefficient (Wildman–Crippen LogP) is 2.94. The van der Waals surface area contributed by atoms with Crippen LogP contribution in [0.4, 0.5) is 10.5 Å². The average molecular weight is 339 g/mol. The minimum Gasteiger partial charge on any atom is -0.327 e. The standard InChI is InChI=1S/C19H25N5O/c1-14-11-17(6-9-21-14)22-19(25)24(3)13-16-7-10-23(2)18(16)15-5-4-8-20-12-15/h4-6,8-9,11-12,16,18H,7,10,13H2,1-3H3,(H,21,22,25)/t16-,18-/m0/s1. The van der Waals surface area contributed by atoms with Crippen LogP contribution in [0.1, 0.15) is 23.7 Å². The molecule has 6 heteroatoms. The number of hydrogen-bond donors (Lipinski definition) is 1. The molecule has 2 amide bonds. The molecule has 2 aromatic rings. The van der Waals surface area contributed by atoms with E-state index in [0.29, 0.717) is 18.5 Å². The average Bonchev–Trinajstić information content (AvgIpc) is 2.96. The first-order chi connectivity index (χ1) is 12.0. The van der Waals surface area contributed by atoms with Gasteiger partial charge in [0.25, 0.3) is 0 Å². The van der Waals surface area contributed by atoms with Gasteiger partial charge in [-0.05, 0) is 56.6 Å². The number of likely N-dealkylation sites (tertiary alicyclic amines) is 1. The van der Waals surface area contributed by atoms with Crippen LogP contribution in [-0.2, 0) is 0 Å². The summed E-state index contributed by atoms with van der Waals surface area (Å²) < 4.78 is 0. The van der Waals surface area contributed by atoms with E-state index in [1.54, 1.807) is 23.4 Å². The third-order valence-corrected chi connectivity index (χ3v) is 4.80. The maximum Gasteiger partial charge on any atom is 0.321 e. The van der Waals surface area contributed by atoms with Crippen LogP contribution in [-0.4, -0.2) is 53.0 Å². The number of pyridine rings is 2. The number of rotatable bonds is 4. The van der Waals surface area contributed by atoms with Crippen molar-refractivity contribution in [3.63, 3.8) is 0 Å². The van der Waals surface area contributed by atoms with Crippen LogP contribution >= 0.6 is 0 Å². The lowest BCUT2D eigenvalue weighted by Gasteiger charge is -2.28. The first-order valence-corrected chi connectivity index (χ1v) is 8.59. The molecule has 1 saturated heterocycles. The maximum atomic E-state index is 12.5. The summed E-state index contributed by atoms with van der Waals surface area (Å²) in [6, 6.07) is 7.97. The molecule has 0 aliphatic carbocycles. The van der Waals surface area contributed by atoms with Crippen molar-refractivity contribution in [2.75, 3.05) is 32.5 Å². The molecule has 0 unspecified atom stereocenters. The second-order valence-corrected chi connectivity index (χ2v) is 6.76. The fourth-order valence-corrected chi connectivity index (χ4v) is 3.57. The summed E-state index contributed by atoms with van der Waals surface area (Å²) in [5, 5.41) is 2.94. The van der Waals surface area contributed by atoms with Gasteiger partial charge in [0.15, 0.2) is 0 Å². The van der Waals surface area contributed by atoms with Gasteiger partial charge in [-0.1, -0.05) is 6.07 Å². The molecule has 1 N–H and O–H groups in total. The first kappa shape index (κ1) is 17.4. The molecular formula is C19H25N5O.